The molecule has 0 bridgehead atoms. The number of benzene rings is 1. The van der Waals surface area contributed by atoms with Crippen molar-refractivity contribution in [2.45, 2.75) is 32.5 Å². The van der Waals surface area contributed by atoms with Gasteiger partial charge in [-0.15, -0.1) is 0 Å². The summed E-state index contributed by atoms with van der Waals surface area (Å²) >= 11 is 3.40. The maximum absolute atomic E-state index is 12.7. The van der Waals surface area contributed by atoms with E-state index in [1.165, 1.54) is 0 Å². The van der Waals surface area contributed by atoms with Crippen LogP contribution in [0, 0.1) is 6.92 Å². The first-order valence-electron chi connectivity index (χ1n) is 6.66. The van der Waals surface area contributed by atoms with Gasteiger partial charge in [-0.3, -0.25) is 4.79 Å². The number of aliphatic hydroxyl groups excluding tert-OH is 1. The SMILES string of the molecule is Cc1ccc(Br)cc1C(=O)N1CC(CO)OC(C)(C)C1. The number of carbonyl (C=O) groups excluding carboxylic acids is 1. The number of hydrogen-bond acceptors (Lipinski definition) is 3. The van der Waals surface area contributed by atoms with Crippen LogP contribution in [0.25, 0.3) is 0 Å². The summed E-state index contributed by atoms with van der Waals surface area (Å²) in [5.74, 6) is -0.0152. The highest BCUT2D eigenvalue weighted by atomic mass is 79.9. The van der Waals surface area contributed by atoms with Crippen LogP contribution in [0.3, 0.4) is 0 Å². The van der Waals surface area contributed by atoms with E-state index in [2.05, 4.69) is 15.9 Å². The van der Waals surface area contributed by atoms with Crippen LogP contribution in [0.15, 0.2) is 22.7 Å². The fourth-order valence-electron chi connectivity index (χ4n) is 2.54. The molecule has 1 amide bonds. The molecule has 0 radical (unpaired) electrons. The van der Waals surface area contributed by atoms with Crippen molar-refractivity contribution in [3.63, 3.8) is 0 Å². The predicted octanol–water partition coefficient (Wildman–Crippen LogP) is 2.37. The average molecular weight is 342 g/mol. The minimum Gasteiger partial charge on any atom is -0.394 e. The molecule has 1 heterocycles. The van der Waals surface area contributed by atoms with Crippen LogP contribution in [0.5, 0.6) is 0 Å². The van der Waals surface area contributed by atoms with Crippen molar-refractivity contribution in [1.82, 2.24) is 4.90 Å². The molecule has 1 aromatic carbocycles. The Labute approximate surface area is 127 Å². The van der Waals surface area contributed by atoms with Gasteiger partial charge < -0.3 is 14.7 Å². The molecule has 1 aliphatic rings. The predicted molar refractivity (Wildman–Crippen MR) is 80.8 cm³/mol. The maximum Gasteiger partial charge on any atom is 0.254 e. The van der Waals surface area contributed by atoms with Gasteiger partial charge in [0.15, 0.2) is 0 Å². The number of rotatable bonds is 2. The molecular weight excluding hydrogens is 322 g/mol. The molecule has 0 saturated carbocycles. The van der Waals surface area contributed by atoms with E-state index in [-0.39, 0.29) is 18.6 Å². The number of halogens is 1. The lowest BCUT2D eigenvalue weighted by atomic mass is 10.0. The summed E-state index contributed by atoms with van der Waals surface area (Å²) in [6.45, 7) is 6.66. The zero-order valence-electron chi connectivity index (χ0n) is 12.0. The van der Waals surface area contributed by atoms with Crippen LogP contribution in [0.2, 0.25) is 0 Å². The zero-order chi connectivity index (χ0) is 14.9. The molecule has 110 valence electrons. The number of aryl methyl sites for hydroxylation is 1. The molecule has 1 unspecified atom stereocenters. The van der Waals surface area contributed by atoms with Gasteiger partial charge in [-0.25, -0.2) is 0 Å². The Hall–Kier alpha value is -0.910. The van der Waals surface area contributed by atoms with Gasteiger partial charge in [-0.2, -0.15) is 0 Å². The highest BCUT2D eigenvalue weighted by molar-refractivity contribution is 9.10. The largest absolute Gasteiger partial charge is 0.394 e. The number of amides is 1. The van der Waals surface area contributed by atoms with Crippen LogP contribution < -0.4 is 0 Å². The van der Waals surface area contributed by atoms with E-state index in [1.54, 1.807) is 4.90 Å². The lowest BCUT2D eigenvalue weighted by molar-refractivity contribution is -0.139. The molecule has 4 nitrogen and oxygen atoms in total. The van der Waals surface area contributed by atoms with Gasteiger partial charge >= 0.3 is 0 Å². The van der Waals surface area contributed by atoms with E-state index in [9.17, 15) is 9.90 Å². The van der Waals surface area contributed by atoms with Gasteiger partial charge in [0.1, 0.15) is 0 Å². The second kappa shape index (κ2) is 5.84. The lowest BCUT2D eigenvalue weighted by Crippen LogP contribution is -2.55. The highest BCUT2D eigenvalue weighted by Gasteiger charge is 2.35. The van der Waals surface area contributed by atoms with Crippen molar-refractivity contribution >= 4 is 21.8 Å². The molecule has 2 rings (SSSR count). The molecule has 5 heteroatoms. The third-order valence-electron chi connectivity index (χ3n) is 3.40. The second-order valence-corrected chi connectivity index (χ2v) is 6.74. The number of carbonyl (C=O) groups is 1. The first-order valence-corrected chi connectivity index (χ1v) is 7.46. The minimum absolute atomic E-state index is 0.0152. The molecule has 0 aliphatic carbocycles. The van der Waals surface area contributed by atoms with Crippen molar-refractivity contribution in [2.75, 3.05) is 19.7 Å². The number of hydrogen-bond donors (Lipinski definition) is 1. The van der Waals surface area contributed by atoms with Crippen LogP contribution >= 0.6 is 15.9 Å². The molecule has 0 aromatic heterocycles. The summed E-state index contributed by atoms with van der Waals surface area (Å²) < 4.78 is 6.63. The van der Waals surface area contributed by atoms with Gasteiger partial charge in [0.25, 0.3) is 5.91 Å². The fourth-order valence-corrected chi connectivity index (χ4v) is 2.90. The summed E-state index contributed by atoms with van der Waals surface area (Å²) in [5.41, 5.74) is 1.19. The van der Waals surface area contributed by atoms with Crippen molar-refractivity contribution in [3.05, 3.63) is 33.8 Å². The van der Waals surface area contributed by atoms with Gasteiger partial charge in [-0.05, 0) is 38.5 Å². The average Bonchev–Trinajstić information content (AvgIpc) is 2.38. The quantitative estimate of drug-likeness (QED) is 0.898. The van der Waals surface area contributed by atoms with E-state index in [4.69, 9.17) is 4.74 Å². The molecule has 1 atom stereocenters. The highest BCUT2D eigenvalue weighted by Crippen LogP contribution is 2.24. The van der Waals surface area contributed by atoms with Crippen molar-refractivity contribution in [1.29, 1.82) is 0 Å². The van der Waals surface area contributed by atoms with E-state index in [0.717, 1.165) is 10.0 Å². The first-order chi connectivity index (χ1) is 9.32. The smallest absolute Gasteiger partial charge is 0.254 e. The van der Waals surface area contributed by atoms with E-state index < -0.39 is 5.60 Å². The third kappa shape index (κ3) is 3.40. The zero-order valence-corrected chi connectivity index (χ0v) is 13.6. The summed E-state index contributed by atoms with van der Waals surface area (Å²) in [5, 5.41) is 9.32. The van der Waals surface area contributed by atoms with Crippen LogP contribution in [-0.4, -0.2) is 47.3 Å². The number of aliphatic hydroxyl groups is 1. The molecule has 1 aromatic rings. The normalized spacial score (nSPS) is 21.9. The Balaban J connectivity index is 2.25. The Bertz CT molecular complexity index is 516. The van der Waals surface area contributed by atoms with Gasteiger partial charge in [0.2, 0.25) is 0 Å². The first kappa shape index (κ1) is 15.5. The van der Waals surface area contributed by atoms with Crippen LogP contribution in [0.1, 0.15) is 29.8 Å². The Morgan fingerprint density at radius 2 is 2.25 bits per heavy atom. The summed E-state index contributed by atoms with van der Waals surface area (Å²) in [6, 6.07) is 5.69. The minimum atomic E-state index is -0.443. The summed E-state index contributed by atoms with van der Waals surface area (Å²) in [4.78, 5) is 14.5. The molecule has 1 saturated heterocycles. The monoisotopic (exact) mass is 341 g/mol. The van der Waals surface area contributed by atoms with E-state index in [1.807, 2.05) is 39.0 Å². The van der Waals surface area contributed by atoms with Crippen LogP contribution in [0.4, 0.5) is 0 Å². The second-order valence-electron chi connectivity index (χ2n) is 5.83. The van der Waals surface area contributed by atoms with E-state index in [0.29, 0.717) is 18.7 Å². The number of nitrogens with zero attached hydrogens (tertiary/aromatic N) is 1. The molecule has 0 spiro atoms. The lowest BCUT2D eigenvalue weighted by Gasteiger charge is -2.42. The standard InChI is InChI=1S/C15H20BrNO3/c1-10-4-5-11(16)6-13(10)14(19)17-7-12(8-18)20-15(2,3)9-17/h4-6,12,18H,7-9H2,1-3H3. The van der Waals surface area contributed by atoms with Crippen molar-refractivity contribution in [2.24, 2.45) is 0 Å². The van der Waals surface area contributed by atoms with Crippen molar-refractivity contribution < 1.29 is 14.6 Å². The topological polar surface area (TPSA) is 49.8 Å². The Kier molecular flexibility index (Phi) is 4.52. The maximum atomic E-state index is 12.7. The fraction of sp³-hybridized carbons (Fsp3) is 0.533. The third-order valence-corrected chi connectivity index (χ3v) is 3.90. The van der Waals surface area contributed by atoms with Crippen molar-refractivity contribution in [3.8, 4) is 0 Å². The van der Waals surface area contributed by atoms with Gasteiger partial charge in [0.05, 0.1) is 18.3 Å². The Morgan fingerprint density at radius 1 is 1.55 bits per heavy atom. The number of morpholine rings is 1. The Morgan fingerprint density at radius 3 is 2.90 bits per heavy atom. The molecule has 1 aliphatic heterocycles. The van der Waals surface area contributed by atoms with Crippen LogP contribution in [-0.2, 0) is 4.74 Å². The van der Waals surface area contributed by atoms with Gasteiger partial charge in [-0.1, -0.05) is 22.0 Å². The summed E-state index contributed by atoms with van der Waals surface area (Å²) in [6.07, 6.45) is -0.324. The van der Waals surface area contributed by atoms with Gasteiger partial charge in [0, 0.05) is 23.1 Å². The molecule has 1 N–H and O–H groups in total. The molecule has 20 heavy (non-hydrogen) atoms. The molecule has 1 fully saturated rings. The summed E-state index contributed by atoms with van der Waals surface area (Å²) in [7, 11) is 0. The number of ether oxygens (including phenoxy) is 1. The van der Waals surface area contributed by atoms with E-state index >= 15 is 0 Å². The molecular formula is C15H20BrNO3.